The number of aliphatic hydroxyl groups excluding tert-OH is 1. The van der Waals surface area contributed by atoms with Gasteiger partial charge in [-0.25, -0.2) is 0 Å². The Morgan fingerprint density at radius 2 is 1.91 bits per heavy atom. The van der Waals surface area contributed by atoms with Gasteiger partial charge in [-0.2, -0.15) is 0 Å². The second-order valence-corrected chi connectivity index (χ2v) is 9.51. The second-order valence-electron chi connectivity index (χ2n) is 9.51. The molecule has 8 heteroatoms. The van der Waals surface area contributed by atoms with Gasteiger partial charge >= 0.3 is 0 Å². The standard InChI is InChI=1S/C24H35N3O5/c1-5-9-15(3)26-13-8-11-24-19(18-17(32-24)10-7-12-25(4)21(18)29)22(30)27(16(6-2)14-28)20(24)23(26)31/h7-8,10-11,15-20,28H,5-6,9,12-14H2,1-4H3/t15?,16-,17+,18-,19-,20?,24-/m0/s1. The Bertz CT molecular complexity index is 837. The van der Waals surface area contributed by atoms with Crippen LogP contribution in [0.15, 0.2) is 24.3 Å². The highest BCUT2D eigenvalue weighted by atomic mass is 16.5. The summed E-state index contributed by atoms with van der Waals surface area (Å²) in [4.78, 5) is 46.2. The largest absolute Gasteiger partial charge is 0.394 e. The van der Waals surface area contributed by atoms with Gasteiger partial charge in [0.15, 0.2) is 0 Å². The van der Waals surface area contributed by atoms with Gasteiger partial charge in [0.1, 0.15) is 11.6 Å². The monoisotopic (exact) mass is 445 g/mol. The number of amides is 3. The molecule has 0 saturated carbocycles. The van der Waals surface area contributed by atoms with Crippen molar-refractivity contribution in [2.24, 2.45) is 11.8 Å². The minimum atomic E-state index is -1.22. The zero-order valence-corrected chi connectivity index (χ0v) is 19.4. The third-order valence-electron chi connectivity index (χ3n) is 7.64. The molecule has 4 heterocycles. The third kappa shape index (κ3) is 3.22. The summed E-state index contributed by atoms with van der Waals surface area (Å²) in [5.41, 5.74) is -1.22. The van der Waals surface area contributed by atoms with E-state index in [4.69, 9.17) is 4.74 Å². The van der Waals surface area contributed by atoms with E-state index in [1.54, 1.807) is 11.9 Å². The number of fused-ring (bicyclic) bond motifs is 2. The summed E-state index contributed by atoms with van der Waals surface area (Å²) in [7, 11) is 1.72. The van der Waals surface area contributed by atoms with E-state index in [9.17, 15) is 19.5 Å². The maximum absolute atomic E-state index is 14.0. The quantitative estimate of drug-likeness (QED) is 0.615. The van der Waals surface area contributed by atoms with Crippen molar-refractivity contribution in [1.82, 2.24) is 14.7 Å². The number of likely N-dealkylation sites (tertiary alicyclic amines) is 1. The van der Waals surface area contributed by atoms with Gasteiger partial charge < -0.3 is 24.5 Å². The highest BCUT2D eigenvalue weighted by molar-refractivity contribution is 6.00. The number of hydrogen-bond acceptors (Lipinski definition) is 5. The Morgan fingerprint density at radius 1 is 1.16 bits per heavy atom. The molecule has 8 nitrogen and oxygen atoms in total. The van der Waals surface area contributed by atoms with E-state index in [0.717, 1.165) is 12.8 Å². The Balaban J connectivity index is 1.85. The van der Waals surface area contributed by atoms with E-state index in [0.29, 0.717) is 19.5 Å². The molecule has 4 aliphatic rings. The molecule has 7 atom stereocenters. The third-order valence-corrected chi connectivity index (χ3v) is 7.64. The van der Waals surface area contributed by atoms with Crippen LogP contribution in [0.3, 0.4) is 0 Å². The van der Waals surface area contributed by atoms with E-state index in [-0.39, 0.29) is 30.4 Å². The lowest BCUT2D eigenvalue weighted by atomic mass is 9.77. The molecular formula is C24H35N3O5. The normalized spacial score (nSPS) is 36.0. The molecule has 3 amide bonds. The van der Waals surface area contributed by atoms with Crippen molar-refractivity contribution in [1.29, 1.82) is 0 Å². The molecule has 176 valence electrons. The molecule has 2 fully saturated rings. The van der Waals surface area contributed by atoms with Gasteiger partial charge in [0.05, 0.1) is 30.6 Å². The van der Waals surface area contributed by atoms with Crippen molar-refractivity contribution < 1.29 is 24.2 Å². The fourth-order valence-corrected chi connectivity index (χ4v) is 6.00. The van der Waals surface area contributed by atoms with Crippen LogP contribution in [0.4, 0.5) is 0 Å². The van der Waals surface area contributed by atoms with Gasteiger partial charge in [0.25, 0.3) is 0 Å². The van der Waals surface area contributed by atoms with Gasteiger partial charge in [0.2, 0.25) is 17.7 Å². The Morgan fingerprint density at radius 3 is 2.56 bits per heavy atom. The van der Waals surface area contributed by atoms with Gasteiger partial charge in [0, 0.05) is 26.2 Å². The number of likely N-dealkylation sites (N-methyl/N-ethyl adjacent to an activating group) is 1. The molecular weight excluding hydrogens is 410 g/mol. The molecule has 32 heavy (non-hydrogen) atoms. The molecule has 0 bridgehead atoms. The molecule has 1 spiro atoms. The number of carbonyl (C=O) groups excluding carboxylic acids is 3. The molecule has 0 aromatic carbocycles. The lowest BCUT2D eigenvalue weighted by Gasteiger charge is -2.39. The minimum absolute atomic E-state index is 0.0112. The predicted octanol–water partition coefficient (Wildman–Crippen LogP) is 0.953. The van der Waals surface area contributed by atoms with E-state index in [1.165, 1.54) is 4.90 Å². The maximum Gasteiger partial charge on any atom is 0.249 e. The lowest BCUT2D eigenvalue weighted by Crippen LogP contribution is -2.59. The SMILES string of the molecule is CCCC(C)N1CC=C[C@]23O[C@@H]4C=CCN(C)C(=O)[C@@H]4[C@H]2C(=O)N([C@@H](CC)CO)C3C1=O. The smallest absolute Gasteiger partial charge is 0.249 e. The Labute approximate surface area is 189 Å². The highest BCUT2D eigenvalue weighted by Crippen LogP contribution is 2.54. The van der Waals surface area contributed by atoms with Crippen molar-refractivity contribution in [3.63, 3.8) is 0 Å². The molecule has 4 rings (SSSR count). The van der Waals surface area contributed by atoms with E-state index >= 15 is 0 Å². The summed E-state index contributed by atoms with van der Waals surface area (Å²) < 4.78 is 6.55. The first kappa shape index (κ1) is 23.0. The maximum atomic E-state index is 14.0. The van der Waals surface area contributed by atoms with Gasteiger partial charge in [-0.15, -0.1) is 0 Å². The highest BCUT2D eigenvalue weighted by Gasteiger charge is 2.72. The molecule has 0 radical (unpaired) electrons. The second kappa shape index (κ2) is 8.63. The average Bonchev–Trinajstić information content (AvgIpc) is 3.09. The van der Waals surface area contributed by atoms with Crippen LogP contribution in [0.2, 0.25) is 0 Å². The van der Waals surface area contributed by atoms with Crippen LogP contribution in [0.5, 0.6) is 0 Å². The van der Waals surface area contributed by atoms with E-state index in [2.05, 4.69) is 6.92 Å². The van der Waals surface area contributed by atoms with Crippen molar-refractivity contribution in [3.05, 3.63) is 24.3 Å². The van der Waals surface area contributed by atoms with E-state index < -0.39 is 35.6 Å². The summed E-state index contributed by atoms with van der Waals surface area (Å²) in [6, 6.07) is -1.39. The first-order chi connectivity index (χ1) is 15.3. The van der Waals surface area contributed by atoms with Gasteiger partial charge in [-0.1, -0.05) is 44.6 Å². The van der Waals surface area contributed by atoms with Crippen molar-refractivity contribution in [3.8, 4) is 0 Å². The Kier molecular flexibility index (Phi) is 6.20. The van der Waals surface area contributed by atoms with Crippen LogP contribution >= 0.6 is 0 Å². The first-order valence-electron chi connectivity index (χ1n) is 11.8. The van der Waals surface area contributed by atoms with Gasteiger partial charge in [-0.05, 0) is 19.8 Å². The molecule has 2 saturated heterocycles. The number of carbonyl (C=O) groups is 3. The van der Waals surface area contributed by atoms with Crippen molar-refractivity contribution in [2.45, 2.75) is 69.9 Å². The topological polar surface area (TPSA) is 90.4 Å². The fraction of sp³-hybridized carbons (Fsp3) is 0.708. The number of rotatable bonds is 6. The van der Waals surface area contributed by atoms with Crippen LogP contribution in [0, 0.1) is 11.8 Å². The van der Waals surface area contributed by atoms with Crippen LogP contribution in [-0.2, 0) is 19.1 Å². The molecule has 0 aliphatic carbocycles. The number of nitrogens with zero attached hydrogens (tertiary/aromatic N) is 3. The molecule has 4 aliphatic heterocycles. The number of aliphatic hydroxyl groups is 1. The average molecular weight is 446 g/mol. The van der Waals surface area contributed by atoms with Crippen molar-refractivity contribution in [2.75, 3.05) is 26.7 Å². The van der Waals surface area contributed by atoms with Gasteiger partial charge in [-0.3, -0.25) is 14.4 Å². The predicted molar refractivity (Wildman–Crippen MR) is 118 cm³/mol. The number of ether oxygens (including phenoxy) is 1. The minimum Gasteiger partial charge on any atom is -0.394 e. The van der Waals surface area contributed by atoms with Crippen LogP contribution in [0.25, 0.3) is 0 Å². The van der Waals surface area contributed by atoms with Crippen LogP contribution < -0.4 is 0 Å². The number of hydrogen-bond donors (Lipinski definition) is 1. The summed E-state index contributed by atoms with van der Waals surface area (Å²) in [5, 5.41) is 10.1. The zero-order chi connectivity index (χ0) is 23.2. The fourth-order valence-electron chi connectivity index (χ4n) is 6.00. The molecule has 0 aromatic heterocycles. The molecule has 0 aromatic rings. The van der Waals surface area contributed by atoms with Crippen LogP contribution in [0.1, 0.15) is 40.0 Å². The molecule has 2 unspecified atom stereocenters. The lowest BCUT2D eigenvalue weighted by molar-refractivity contribution is -0.152. The summed E-state index contributed by atoms with van der Waals surface area (Å²) in [6.07, 6.45) is 9.26. The summed E-state index contributed by atoms with van der Waals surface area (Å²) >= 11 is 0. The van der Waals surface area contributed by atoms with Crippen molar-refractivity contribution >= 4 is 17.7 Å². The summed E-state index contributed by atoms with van der Waals surface area (Å²) in [6.45, 7) is 6.65. The summed E-state index contributed by atoms with van der Waals surface area (Å²) in [5.74, 6) is -2.07. The zero-order valence-electron chi connectivity index (χ0n) is 19.4. The first-order valence-corrected chi connectivity index (χ1v) is 11.8. The van der Waals surface area contributed by atoms with E-state index in [1.807, 2.05) is 43.1 Å². The van der Waals surface area contributed by atoms with Crippen LogP contribution in [-0.4, -0.2) is 94.1 Å². The Hall–Kier alpha value is -2.19. The molecule has 1 N–H and O–H groups in total.